The molecule has 0 saturated heterocycles. The molecule has 9 aromatic carbocycles. The van der Waals surface area contributed by atoms with Gasteiger partial charge in [-0.2, -0.15) is 0 Å². The Bertz CT molecular complexity index is 3320. The van der Waals surface area contributed by atoms with E-state index in [0.717, 1.165) is 11.4 Å². The van der Waals surface area contributed by atoms with E-state index >= 15 is 0 Å². The van der Waals surface area contributed by atoms with Crippen LogP contribution in [0, 0.1) is 0 Å². The minimum Gasteiger partial charge on any atom is -0.310 e. The maximum absolute atomic E-state index is 2.57. The zero-order valence-corrected chi connectivity index (χ0v) is 34.4. The fourth-order valence-electron chi connectivity index (χ4n) is 11.0. The Morgan fingerprint density at radius 1 is 0.400 bits per heavy atom. The second-order valence-corrected chi connectivity index (χ2v) is 17.7. The first-order valence-electron chi connectivity index (χ1n) is 21.2. The van der Waals surface area contributed by atoms with E-state index in [-0.39, 0.29) is 10.8 Å². The van der Waals surface area contributed by atoms with Crippen molar-refractivity contribution in [2.75, 3.05) is 4.90 Å². The maximum atomic E-state index is 2.57. The van der Waals surface area contributed by atoms with E-state index < -0.39 is 0 Å². The molecule has 0 atom stereocenters. The van der Waals surface area contributed by atoms with Gasteiger partial charge in [0.1, 0.15) is 0 Å². The molecule has 60 heavy (non-hydrogen) atoms. The Morgan fingerprint density at radius 2 is 0.967 bits per heavy atom. The number of anilines is 3. The summed E-state index contributed by atoms with van der Waals surface area (Å²) in [4.78, 5) is 2.57. The molecule has 0 unspecified atom stereocenters. The zero-order valence-electron chi connectivity index (χ0n) is 34.4. The molecule has 0 amide bonds. The summed E-state index contributed by atoms with van der Waals surface area (Å²) < 4.78 is 2.39. The van der Waals surface area contributed by atoms with Crippen molar-refractivity contribution in [1.29, 1.82) is 0 Å². The molecule has 2 aliphatic carbocycles. The topological polar surface area (TPSA) is 8.17 Å². The summed E-state index contributed by atoms with van der Waals surface area (Å²) in [6.07, 6.45) is 0. The molecule has 0 bridgehead atoms. The number of hydrogen-bond acceptors (Lipinski definition) is 1. The Morgan fingerprint density at radius 3 is 1.72 bits per heavy atom. The molecule has 1 heterocycles. The van der Waals surface area contributed by atoms with Gasteiger partial charge in [0.05, 0.1) is 22.4 Å². The van der Waals surface area contributed by atoms with Gasteiger partial charge in [-0.1, -0.05) is 173 Å². The Kier molecular flexibility index (Phi) is 7.36. The third kappa shape index (κ3) is 4.82. The number of fused-ring (bicyclic) bond motifs is 10. The van der Waals surface area contributed by atoms with E-state index in [1.807, 2.05) is 0 Å². The molecule has 0 saturated carbocycles. The first kappa shape index (κ1) is 34.8. The van der Waals surface area contributed by atoms with Gasteiger partial charge in [-0.15, -0.1) is 0 Å². The van der Waals surface area contributed by atoms with E-state index in [9.17, 15) is 0 Å². The second kappa shape index (κ2) is 12.7. The molecule has 0 N–H and O–H groups in total. The summed E-state index contributed by atoms with van der Waals surface area (Å²) in [6, 6.07) is 72.3. The average Bonchev–Trinajstić information content (AvgIpc) is 3.84. The molecule has 12 rings (SSSR count). The van der Waals surface area contributed by atoms with E-state index in [1.54, 1.807) is 0 Å². The molecule has 2 heteroatoms. The summed E-state index contributed by atoms with van der Waals surface area (Å²) in [6.45, 7) is 9.55. The number of para-hydroxylation sites is 2. The molecular formula is C58H44N2. The van der Waals surface area contributed by atoms with Crippen LogP contribution in [0.5, 0.6) is 0 Å². The van der Waals surface area contributed by atoms with Crippen LogP contribution in [0.15, 0.2) is 194 Å². The molecule has 10 aromatic rings. The minimum absolute atomic E-state index is 0.121. The van der Waals surface area contributed by atoms with Gasteiger partial charge in [-0.3, -0.25) is 0 Å². The highest BCUT2D eigenvalue weighted by atomic mass is 15.2. The molecule has 2 nitrogen and oxygen atoms in total. The van der Waals surface area contributed by atoms with Gasteiger partial charge in [0, 0.05) is 38.5 Å². The molecule has 0 aliphatic heterocycles. The van der Waals surface area contributed by atoms with Crippen LogP contribution in [0.25, 0.3) is 71.6 Å². The normalized spacial score (nSPS) is 14.3. The summed E-state index contributed by atoms with van der Waals surface area (Å²) in [7, 11) is 0. The number of hydrogen-bond donors (Lipinski definition) is 0. The van der Waals surface area contributed by atoms with Crippen LogP contribution >= 0.6 is 0 Å². The Labute approximate surface area is 351 Å². The third-order valence-electron chi connectivity index (χ3n) is 13.8. The van der Waals surface area contributed by atoms with E-state index in [1.165, 1.54) is 99.6 Å². The fourth-order valence-corrected chi connectivity index (χ4v) is 11.0. The first-order chi connectivity index (χ1) is 29.3. The number of aromatic nitrogens is 1. The van der Waals surface area contributed by atoms with Crippen LogP contribution in [-0.2, 0) is 10.8 Å². The summed E-state index contributed by atoms with van der Waals surface area (Å²) in [5.74, 6) is 0. The third-order valence-corrected chi connectivity index (χ3v) is 13.8. The van der Waals surface area contributed by atoms with Crippen molar-refractivity contribution in [2.24, 2.45) is 0 Å². The number of benzene rings is 9. The average molecular weight is 769 g/mol. The molecule has 0 fully saturated rings. The molecule has 1 aromatic heterocycles. The van der Waals surface area contributed by atoms with Crippen molar-refractivity contribution in [3.8, 4) is 39.1 Å². The molecule has 0 radical (unpaired) electrons. The van der Waals surface area contributed by atoms with Gasteiger partial charge in [0.15, 0.2) is 0 Å². The minimum atomic E-state index is -0.198. The highest BCUT2D eigenvalue weighted by Gasteiger charge is 2.41. The van der Waals surface area contributed by atoms with Crippen LogP contribution in [0.3, 0.4) is 0 Å². The van der Waals surface area contributed by atoms with Gasteiger partial charge in [0.2, 0.25) is 0 Å². The van der Waals surface area contributed by atoms with Crippen molar-refractivity contribution >= 4 is 49.6 Å². The van der Waals surface area contributed by atoms with Gasteiger partial charge in [-0.05, 0) is 109 Å². The SMILES string of the molecule is CC1(C)c2ccccc2-c2c(N(c3ccc4cccc(-c5ccc(-n6c7ccccc7c7ccccc76)cc5)c4c3)c3cccc4c3C(C)(C)c3ccccc3-4)cccc21. The molecule has 286 valence electrons. The lowest BCUT2D eigenvalue weighted by atomic mass is 9.81. The van der Waals surface area contributed by atoms with Crippen molar-refractivity contribution in [3.05, 3.63) is 216 Å². The Hall–Kier alpha value is -7.16. The monoisotopic (exact) mass is 768 g/mol. The van der Waals surface area contributed by atoms with Gasteiger partial charge >= 0.3 is 0 Å². The first-order valence-corrected chi connectivity index (χ1v) is 21.2. The predicted octanol–water partition coefficient (Wildman–Crippen LogP) is 15.7. The molecule has 2 aliphatic rings. The highest BCUT2D eigenvalue weighted by molar-refractivity contribution is 6.09. The predicted molar refractivity (Wildman–Crippen MR) is 254 cm³/mol. The van der Waals surface area contributed by atoms with Crippen molar-refractivity contribution in [1.82, 2.24) is 4.57 Å². The van der Waals surface area contributed by atoms with E-state index in [2.05, 4.69) is 231 Å². The lowest BCUT2D eigenvalue weighted by Gasteiger charge is -2.34. The van der Waals surface area contributed by atoms with Crippen LogP contribution in [-0.4, -0.2) is 4.57 Å². The largest absolute Gasteiger partial charge is 0.310 e. The highest BCUT2D eigenvalue weighted by Crippen LogP contribution is 2.58. The standard InChI is InChI=1S/C58H44N2/c1-57(2)49-24-10-6-20-46(49)55-50(57)25-15-28-53(55)60(54-29-14-22-45-42-17-5-9-23-48(42)58(3,4)56(45)54)40-35-32-37-16-13-21-41(47(37)36-40)38-30-33-39(34-31-38)59-51-26-11-7-18-43(51)44-19-8-12-27-52(44)59/h5-36H,1-4H3. The number of rotatable bonds is 5. The summed E-state index contributed by atoms with van der Waals surface area (Å²) >= 11 is 0. The van der Waals surface area contributed by atoms with Crippen LogP contribution in [0.2, 0.25) is 0 Å². The summed E-state index contributed by atoms with van der Waals surface area (Å²) in [5, 5.41) is 5.00. The zero-order chi connectivity index (χ0) is 40.3. The van der Waals surface area contributed by atoms with Crippen molar-refractivity contribution in [2.45, 2.75) is 38.5 Å². The lowest BCUT2D eigenvalue weighted by Crippen LogP contribution is -2.21. The smallest absolute Gasteiger partial charge is 0.0543 e. The maximum Gasteiger partial charge on any atom is 0.0543 e. The van der Waals surface area contributed by atoms with Crippen LogP contribution in [0.4, 0.5) is 17.1 Å². The number of nitrogens with zero attached hydrogens (tertiary/aromatic N) is 2. The molecule has 0 spiro atoms. The second-order valence-electron chi connectivity index (χ2n) is 17.7. The van der Waals surface area contributed by atoms with Crippen LogP contribution in [0.1, 0.15) is 49.9 Å². The molecular weight excluding hydrogens is 725 g/mol. The lowest BCUT2D eigenvalue weighted by molar-refractivity contribution is 0.659. The Balaban J connectivity index is 1.07. The summed E-state index contributed by atoms with van der Waals surface area (Å²) in [5.41, 5.74) is 20.0. The quantitative estimate of drug-likeness (QED) is 0.169. The fraction of sp³-hybridized carbons (Fsp3) is 0.103. The van der Waals surface area contributed by atoms with Gasteiger partial charge in [0.25, 0.3) is 0 Å². The van der Waals surface area contributed by atoms with Crippen molar-refractivity contribution in [3.63, 3.8) is 0 Å². The van der Waals surface area contributed by atoms with Crippen molar-refractivity contribution < 1.29 is 0 Å². The van der Waals surface area contributed by atoms with Crippen LogP contribution < -0.4 is 4.90 Å². The van der Waals surface area contributed by atoms with E-state index in [4.69, 9.17) is 0 Å². The van der Waals surface area contributed by atoms with Gasteiger partial charge < -0.3 is 9.47 Å². The van der Waals surface area contributed by atoms with Gasteiger partial charge in [-0.25, -0.2) is 0 Å². The van der Waals surface area contributed by atoms with E-state index in [0.29, 0.717) is 0 Å².